The van der Waals surface area contributed by atoms with Crippen LogP contribution in [0.3, 0.4) is 0 Å². The van der Waals surface area contributed by atoms with Gasteiger partial charge in [0, 0.05) is 0 Å². The monoisotopic (exact) mass is 338 g/mol. The van der Waals surface area contributed by atoms with Crippen molar-refractivity contribution in [3.05, 3.63) is 71.3 Å². The second-order valence-corrected chi connectivity index (χ2v) is 6.16. The van der Waals surface area contributed by atoms with Crippen molar-refractivity contribution in [3.8, 4) is 0 Å². The molecule has 1 atom stereocenters. The Kier molecular flexibility index (Phi) is 4.37. The molecule has 25 heavy (non-hydrogen) atoms. The number of carbonyl (C=O) groups is 3. The Morgan fingerprint density at radius 1 is 1.00 bits per heavy atom. The van der Waals surface area contributed by atoms with Crippen molar-refractivity contribution >= 4 is 17.7 Å². The van der Waals surface area contributed by atoms with Gasteiger partial charge in [0.1, 0.15) is 12.1 Å². The first-order chi connectivity index (χ1) is 11.9. The van der Waals surface area contributed by atoms with E-state index in [1.807, 2.05) is 6.07 Å². The number of fused-ring (bicyclic) bond motifs is 1. The van der Waals surface area contributed by atoms with Crippen LogP contribution in [-0.4, -0.2) is 40.8 Å². The Labute approximate surface area is 145 Å². The van der Waals surface area contributed by atoms with E-state index in [0.29, 0.717) is 16.7 Å². The van der Waals surface area contributed by atoms with Gasteiger partial charge in [-0.1, -0.05) is 42.5 Å². The van der Waals surface area contributed by atoms with E-state index in [-0.39, 0.29) is 13.1 Å². The normalized spacial score (nSPS) is 15.7. The van der Waals surface area contributed by atoms with Crippen molar-refractivity contribution in [1.29, 1.82) is 0 Å². The second kappa shape index (κ2) is 6.49. The summed E-state index contributed by atoms with van der Waals surface area (Å²) in [6.45, 7) is 1.18. The molecule has 0 saturated heterocycles. The first-order valence-corrected chi connectivity index (χ1v) is 7.90. The highest BCUT2D eigenvalue weighted by Crippen LogP contribution is 2.22. The zero-order valence-electron chi connectivity index (χ0n) is 13.7. The summed E-state index contributed by atoms with van der Waals surface area (Å²) in [6.07, 6.45) is 0. The van der Waals surface area contributed by atoms with E-state index in [2.05, 4.69) is 5.32 Å². The summed E-state index contributed by atoms with van der Waals surface area (Å²) in [5.41, 5.74) is 0.0167. The smallest absolute Gasteiger partial charge is 0.262 e. The summed E-state index contributed by atoms with van der Waals surface area (Å²) >= 11 is 0. The number of nitrogens with zero attached hydrogens (tertiary/aromatic N) is 1. The Balaban J connectivity index is 1.62. The second-order valence-electron chi connectivity index (χ2n) is 6.16. The van der Waals surface area contributed by atoms with Gasteiger partial charge in [-0.05, 0) is 24.6 Å². The predicted octanol–water partition coefficient (Wildman–Crippen LogP) is 1.31. The van der Waals surface area contributed by atoms with E-state index in [0.717, 1.165) is 4.90 Å². The number of benzene rings is 2. The predicted molar refractivity (Wildman–Crippen MR) is 90.8 cm³/mol. The van der Waals surface area contributed by atoms with E-state index < -0.39 is 23.3 Å². The van der Waals surface area contributed by atoms with Gasteiger partial charge in [0.05, 0.1) is 17.7 Å². The maximum atomic E-state index is 12.2. The first-order valence-electron chi connectivity index (χ1n) is 7.90. The lowest BCUT2D eigenvalue weighted by Crippen LogP contribution is -2.44. The molecule has 0 aromatic heterocycles. The van der Waals surface area contributed by atoms with Gasteiger partial charge in [0.15, 0.2) is 0 Å². The molecule has 3 rings (SSSR count). The van der Waals surface area contributed by atoms with Crippen LogP contribution in [0.1, 0.15) is 33.2 Å². The lowest BCUT2D eigenvalue weighted by molar-refractivity contribution is -0.122. The number of rotatable bonds is 5. The van der Waals surface area contributed by atoms with Crippen LogP contribution in [0.4, 0.5) is 0 Å². The molecule has 1 heterocycles. The minimum Gasteiger partial charge on any atom is -0.384 e. The SMILES string of the molecule is CC(O)(CNC(=O)CN1C(=O)c2ccccc2C1=O)c1ccccc1. The number of imide groups is 1. The summed E-state index contributed by atoms with van der Waals surface area (Å²) in [5, 5.41) is 13.1. The highest BCUT2D eigenvalue weighted by atomic mass is 16.3. The van der Waals surface area contributed by atoms with Crippen molar-refractivity contribution in [1.82, 2.24) is 10.2 Å². The molecule has 1 unspecified atom stereocenters. The van der Waals surface area contributed by atoms with E-state index in [4.69, 9.17) is 0 Å². The van der Waals surface area contributed by atoms with Crippen molar-refractivity contribution < 1.29 is 19.5 Å². The van der Waals surface area contributed by atoms with Crippen molar-refractivity contribution in [2.24, 2.45) is 0 Å². The summed E-state index contributed by atoms with van der Waals surface area (Å²) in [7, 11) is 0. The maximum Gasteiger partial charge on any atom is 0.262 e. The summed E-state index contributed by atoms with van der Waals surface area (Å²) in [4.78, 5) is 37.5. The van der Waals surface area contributed by atoms with Gasteiger partial charge >= 0.3 is 0 Å². The average Bonchev–Trinajstić information content (AvgIpc) is 2.86. The number of carbonyl (C=O) groups excluding carboxylic acids is 3. The fourth-order valence-electron chi connectivity index (χ4n) is 2.75. The summed E-state index contributed by atoms with van der Waals surface area (Å²) in [5.74, 6) is -1.47. The Bertz CT molecular complexity index is 795. The van der Waals surface area contributed by atoms with Gasteiger partial charge in [-0.2, -0.15) is 0 Å². The minimum atomic E-state index is -1.25. The van der Waals surface area contributed by atoms with Gasteiger partial charge in [-0.3, -0.25) is 19.3 Å². The van der Waals surface area contributed by atoms with Gasteiger partial charge < -0.3 is 10.4 Å². The lowest BCUT2D eigenvalue weighted by Gasteiger charge is -2.24. The molecule has 0 aliphatic carbocycles. The molecule has 0 bridgehead atoms. The standard InChI is InChI=1S/C19H18N2O4/c1-19(25,13-7-3-2-4-8-13)12-20-16(22)11-21-17(23)14-9-5-6-10-15(14)18(21)24/h2-10,25H,11-12H2,1H3,(H,20,22). The number of amides is 3. The fourth-order valence-corrected chi connectivity index (χ4v) is 2.75. The van der Waals surface area contributed by atoms with E-state index in [1.54, 1.807) is 55.5 Å². The van der Waals surface area contributed by atoms with E-state index in [9.17, 15) is 19.5 Å². The minimum absolute atomic E-state index is 0.0288. The highest BCUT2D eigenvalue weighted by molar-refractivity contribution is 6.22. The van der Waals surface area contributed by atoms with Gasteiger partial charge in [-0.15, -0.1) is 0 Å². The zero-order valence-corrected chi connectivity index (χ0v) is 13.7. The molecular weight excluding hydrogens is 320 g/mol. The van der Waals surface area contributed by atoms with Crippen LogP contribution in [0, 0.1) is 0 Å². The number of nitrogens with one attached hydrogen (secondary N) is 1. The molecule has 2 N–H and O–H groups in total. The van der Waals surface area contributed by atoms with E-state index >= 15 is 0 Å². The summed E-state index contributed by atoms with van der Waals surface area (Å²) in [6, 6.07) is 15.4. The van der Waals surface area contributed by atoms with Crippen molar-refractivity contribution in [3.63, 3.8) is 0 Å². The third kappa shape index (κ3) is 3.29. The third-order valence-electron chi connectivity index (χ3n) is 4.21. The topological polar surface area (TPSA) is 86.7 Å². The van der Waals surface area contributed by atoms with Crippen LogP contribution in [0.25, 0.3) is 0 Å². The van der Waals surface area contributed by atoms with Crippen LogP contribution < -0.4 is 5.32 Å². The van der Waals surface area contributed by atoms with Gasteiger partial charge in [0.2, 0.25) is 5.91 Å². The molecule has 2 aromatic rings. The first kappa shape index (κ1) is 16.9. The quantitative estimate of drug-likeness (QED) is 0.805. The molecule has 128 valence electrons. The summed E-state index contributed by atoms with van der Waals surface area (Å²) < 4.78 is 0. The average molecular weight is 338 g/mol. The Morgan fingerprint density at radius 2 is 1.52 bits per heavy atom. The fraction of sp³-hybridized carbons (Fsp3) is 0.211. The van der Waals surface area contributed by atoms with E-state index in [1.165, 1.54) is 0 Å². The molecule has 1 aliphatic heterocycles. The van der Waals surface area contributed by atoms with Crippen LogP contribution in [0.5, 0.6) is 0 Å². The molecule has 6 nitrogen and oxygen atoms in total. The van der Waals surface area contributed by atoms with Crippen LogP contribution >= 0.6 is 0 Å². The van der Waals surface area contributed by atoms with Crippen LogP contribution in [-0.2, 0) is 10.4 Å². The molecular formula is C19H18N2O4. The Morgan fingerprint density at radius 3 is 2.08 bits per heavy atom. The largest absolute Gasteiger partial charge is 0.384 e. The third-order valence-corrected chi connectivity index (χ3v) is 4.21. The highest BCUT2D eigenvalue weighted by Gasteiger charge is 2.36. The molecule has 0 fully saturated rings. The molecule has 0 saturated carbocycles. The number of hydrogen-bond donors (Lipinski definition) is 2. The Hall–Kier alpha value is -2.99. The zero-order chi connectivity index (χ0) is 18.0. The van der Waals surface area contributed by atoms with Gasteiger partial charge in [-0.25, -0.2) is 0 Å². The molecule has 0 radical (unpaired) electrons. The molecule has 3 amide bonds. The number of aliphatic hydroxyl groups is 1. The molecule has 2 aromatic carbocycles. The van der Waals surface area contributed by atoms with Gasteiger partial charge in [0.25, 0.3) is 11.8 Å². The molecule has 1 aliphatic rings. The molecule has 0 spiro atoms. The van der Waals surface area contributed by atoms with Crippen LogP contribution in [0.15, 0.2) is 54.6 Å². The molecule has 6 heteroatoms. The van der Waals surface area contributed by atoms with Crippen molar-refractivity contribution in [2.45, 2.75) is 12.5 Å². The maximum absolute atomic E-state index is 12.2. The number of hydrogen-bond acceptors (Lipinski definition) is 4. The lowest BCUT2D eigenvalue weighted by atomic mass is 9.96. The van der Waals surface area contributed by atoms with Crippen molar-refractivity contribution in [2.75, 3.05) is 13.1 Å². The van der Waals surface area contributed by atoms with Crippen LogP contribution in [0.2, 0.25) is 0 Å².